The van der Waals surface area contributed by atoms with Gasteiger partial charge in [-0.2, -0.15) is 0 Å². The first-order chi connectivity index (χ1) is 10.5. The van der Waals surface area contributed by atoms with E-state index in [4.69, 9.17) is 16.3 Å². The lowest BCUT2D eigenvalue weighted by Crippen LogP contribution is -2.21. The van der Waals surface area contributed by atoms with Gasteiger partial charge in [-0.05, 0) is 36.8 Å². The van der Waals surface area contributed by atoms with Crippen LogP contribution >= 0.6 is 11.6 Å². The monoisotopic (exact) mass is 317 g/mol. The molecule has 2 rings (SSSR count). The van der Waals surface area contributed by atoms with Crippen LogP contribution < -0.4 is 5.32 Å². The van der Waals surface area contributed by atoms with E-state index in [-0.39, 0.29) is 18.9 Å². The SMILES string of the molecule is Cc1ccc(CC(=O)OCC(=O)Nc2ccc(Cl)cc2)cc1. The Labute approximate surface area is 134 Å². The lowest BCUT2D eigenvalue weighted by molar-refractivity contribution is -0.146. The summed E-state index contributed by atoms with van der Waals surface area (Å²) < 4.78 is 4.96. The molecule has 0 atom stereocenters. The zero-order valence-electron chi connectivity index (χ0n) is 12.1. The Hall–Kier alpha value is -2.33. The molecule has 2 aromatic carbocycles. The van der Waals surface area contributed by atoms with E-state index in [2.05, 4.69) is 5.32 Å². The fraction of sp³-hybridized carbons (Fsp3) is 0.176. The normalized spacial score (nSPS) is 10.1. The highest BCUT2D eigenvalue weighted by Gasteiger charge is 2.09. The van der Waals surface area contributed by atoms with Crippen molar-refractivity contribution in [3.05, 3.63) is 64.7 Å². The van der Waals surface area contributed by atoms with Gasteiger partial charge < -0.3 is 10.1 Å². The molecule has 0 radical (unpaired) electrons. The fourth-order valence-electron chi connectivity index (χ4n) is 1.80. The van der Waals surface area contributed by atoms with Crippen LogP contribution in [-0.4, -0.2) is 18.5 Å². The van der Waals surface area contributed by atoms with Crippen LogP contribution in [0.4, 0.5) is 5.69 Å². The van der Waals surface area contributed by atoms with Crippen molar-refractivity contribution >= 4 is 29.2 Å². The van der Waals surface area contributed by atoms with Gasteiger partial charge in [0.05, 0.1) is 6.42 Å². The Morgan fingerprint density at radius 2 is 1.68 bits per heavy atom. The second-order valence-electron chi connectivity index (χ2n) is 4.88. The summed E-state index contributed by atoms with van der Waals surface area (Å²) in [6.45, 7) is 1.66. The first-order valence-electron chi connectivity index (χ1n) is 6.79. The maximum absolute atomic E-state index is 11.7. The maximum atomic E-state index is 11.7. The number of nitrogens with one attached hydrogen (secondary N) is 1. The van der Waals surface area contributed by atoms with Gasteiger partial charge in [-0.15, -0.1) is 0 Å². The Morgan fingerprint density at radius 1 is 1.05 bits per heavy atom. The Morgan fingerprint density at radius 3 is 2.32 bits per heavy atom. The van der Waals surface area contributed by atoms with Crippen molar-refractivity contribution < 1.29 is 14.3 Å². The molecule has 5 heteroatoms. The van der Waals surface area contributed by atoms with Crippen molar-refractivity contribution in [2.24, 2.45) is 0 Å². The number of carbonyl (C=O) groups excluding carboxylic acids is 2. The summed E-state index contributed by atoms with van der Waals surface area (Å²) in [5.41, 5.74) is 2.58. The van der Waals surface area contributed by atoms with Gasteiger partial charge >= 0.3 is 5.97 Å². The number of esters is 1. The third-order valence-corrected chi connectivity index (χ3v) is 3.21. The molecule has 1 amide bonds. The average Bonchev–Trinajstić information content (AvgIpc) is 2.50. The van der Waals surface area contributed by atoms with Crippen molar-refractivity contribution in [2.75, 3.05) is 11.9 Å². The minimum Gasteiger partial charge on any atom is -0.455 e. The molecule has 0 heterocycles. The number of ether oxygens (including phenoxy) is 1. The molecule has 0 bridgehead atoms. The molecule has 0 aliphatic rings. The van der Waals surface area contributed by atoms with E-state index in [9.17, 15) is 9.59 Å². The Kier molecular flexibility index (Phi) is 5.55. The second-order valence-corrected chi connectivity index (χ2v) is 5.31. The lowest BCUT2D eigenvalue weighted by atomic mass is 10.1. The fourth-order valence-corrected chi connectivity index (χ4v) is 1.93. The number of hydrogen-bond donors (Lipinski definition) is 1. The molecule has 0 spiro atoms. The van der Waals surface area contributed by atoms with Crippen LogP contribution in [-0.2, 0) is 20.7 Å². The second kappa shape index (κ2) is 7.61. The predicted molar refractivity (Wildman–Crippen MR) is 85.9 cm³/mol. The van der Waals surface area contributed by atoms with E-state index in [1.165, 1.54) is 0 Å². The summed E-state index contributed by atoms with van der Waals surface area (Å²) in [6.07, 6.45) is 0.147. The van der Waals surface area contributed by atoms with Gasteiger partial charge in [0.1, 0.15) is 0 Å². The number of benzene rings is 2. The number of halogens is 1. The van der Waals surface area contributed by atoms with E-state index in [0.29, 0.717) is 10.7 Å². The van der Waals surface area contributed by atoms with Crippen LogP contribution in [0.3, 0.4) is 0 Å². The molecule has 0 saturated carbocycles. The van der Waals surface area contributed by atoms with E-state index < -0.39 is 5.97 Å². The highest BCUT2D eigenvalue weighted by molar-refractivity contribution is 6.30. The van der Waals surface area contributed by atoms with Gasteiger partial charge in [-0.3, -0.25) is 9.59 Å². The molecule has 0 aliphatic carbocycles. The smallest absolute Gasteiger partial charge is 0.310 e. The molecule has 22 heavy (non-hydrogen) atoms. The van der Waals surface area contributed by atoms with Crippen LogP contribution in [0.2, 0.25) is 5.02 Å². The molecule has 1 N–H and O–H groups in total. The summed E-state index contributed by atoms with van der Waals surface area (Å²) in [5.74, 6) is -0.824. The summed E-state index contributed by atoms with van der Waals surface area (Å²) in [4.78, 5) is 23.4. The molecule has 114 valence electrons. The van der Waals surface area contributed by atoms with Crippen LogP contribution in [0.15, 0.2) is 48.5 Å². The molecule has 0 saturated heterocycles. The Balaban J connectivity index is 1.76. The average molecular weight is 318 g/mol. The predicted octanol–water partition coefficient (Wildman–Crippen LogP) is 3.37. The van der Waals surface area contributed by atoms with Crippen LogP contribution in [0.1, 0.15) is 11.1 Å². The zero-order valence-corrected chi connectivity index (χ0v) is 12.9. The number of rotatable bonds is 5. The van der Waals surface area contributed by atoms with Crippen LogP contribution in [0.5, 0.6) is 0 Å². The molecule has 0 fully saturated rings. The lowest BCUT2D eigenvalue weighted by Gasteiger charge is -2.07. The number of anilines is 1. The standard InChI is InChI=1S/C17H16ClNO3/c1-12-2-4-13(5-3-12)10-17(21)22-11-16(20)19-15-8-6-14(18)7-9-15/h2-9H,10-11H2,1H3,(H,19,20). The van der Waals surface area contributed by atoms with Gasteiger partial charge in [-0.1, -0.05) is 41.4 Å². The van der Waals surface area contributed by atoms with Gasteiger partial charge in [0, 0.05) is 10.7 Å². The summed E-state index contributed by atoms with van der Waals surface area (Å²) in [5, 5.41) is 3.21. The third kappa shape index (κ3) is 5.22. The highest BCUT2D eigenvalue weighted by atomic mass is 35.5. The van der Waals surface area contributed by atoms with Gasteiger partial charge in [0.2, 0.25) is 0 Å². The number of carbonyl (C=O) groups is 2. The van der Waals surface area contributed by atoms with Crippen LogP contribution in [0.25, 0.3) is 0 Å². The first kappa shape index (κ1) is 16.0. The minimum atomic E-state index is -0.435. The third-order valence-electron chi connectivity index (χ3n) is 2.96. The first-order valence-corrected chi connectivity index (χ1v) is 7.17. The Bertz CT molecular complexity index is 591. The topological polar surface area (TPSA) is 55.4 Å². The van der Waals surface area contributed by atoms with Gasteiger partial charge in [0.15, 0.2) is 6.61 Å². The molecule has 0 aliphatic heterocycles. The van der Waals surface area contributed by atoms with E-state index in [1.54, 1.807) is 24.3 Å². The van der Waals surface area contributed by atoms with Crippen molar-refractivity contribution in [3.8, 4) is 0 Å². The summed E-state index contributed by atoms with van der Waals surface area (Å²) in [7, 11) is 0. The quantitative estimate of drug-likeness (QED) is 0.860. The number of amides is 1. The van der Waals surface area contributed by atoms with Crippen molar-refractivity contribution in [2.45, 2.75) is 13.3 Å². The molecule has 2 aromatic rings. The maximum Gasteiger partial charge on any atom is 0.310 e. The van der Waals surface area contributed by atoms with E-state index in [0.717, 1.165) is 11.1 Å². The number of hydrogen-bond acceptors (Lipinski definition) is 3. The summed E-state index contributed by atoms with van der Waals surface area (Å²) in [6, 6.07) is 14.3. The largest absolute Gasteiger partial charge is 0.455 e. The molecule has 0 unspecified atom stereocenters. The molecule has 0 aromatic heterocycles. The molecular formula is C17H16ClNO3. The van der Waals surface area contributed by atoms with Crippen molar-refractivity contribution in [3.63, 3.8) is 0 Å². The van der Waals surface area contributed by atoms with Crippen molar-refractivity contribution in [1.29, 1.82) is 0 Å². The van der Waals surface area contributed by atoms with Crippen molar-refractivity contribution in [1.82, 2.24) is 0 Å². The molecule has 4 nitrogen and oxygen atoms in total. The van der Waals surface area contributed by atoms with E-state index in [1.807, 2.05) is 31.2 Å². The van der Waals surface area contributed by atoms with Crippen LogP contribution in [0, 0.1) is 6.92 Å². The summed E-state index contributed by atoms with van der Waals surface area (Å²) >= 11 is 5.76. The van der Waals surface area contributed by atoms with Gasteiger partial charge in [0.25, 0.3) is 5.91 Å². The van der Waals surface area contributed by atoms with Gasteiger partial charge in [-0.25, -0.2) is 0 Å². The number of aryl methyl sites for hydroxylation is 1. The minimum absolute atomic E-state index is 0.147. The molecular weight excluding hydrogens is 302 g/mol. The van der Waals surface area contributed by atoms with E-state index >= 15 is 0 Å². The highest BCUT2D eigenvalue weighted by Crippen LogP contribution is 2.13. The zero-order chi connectivity index (χ0) is 15.9.